The molecule has 0 aromatic carbocycles. The van der Waals surface area contributed by atoms with E-state index in [1.165, 1.54) is 44.9 Å². The molecule has 0 aliphatic carbocycles. The molecule has 5 heteroatoms. The topological polar surface area (TPSA) is 79.2 Å². The van der Waals surface area contributed by atoms with Gasteiger partial charge in [0, 0.05) is 0 Å². The van der Waals surface area contributed by atoms with E-state index >= 15 is 0 Å². The van der Waals surface area contributed by atoms with E-state index in [1.54, 1.807) is 6.26 Å². The third-order valence-electron chi connectivity index (χ3n) is 4.29. The average Bonchev–Trinajstić information content (AvgIpc) is 2.93. The van der Waals surface area contributed by atoms with Gasteiger partial charge in [0.15, 0.2) is 6.10 Å². The SMILES string of the molecule is CCCCCCCCCC/C=C/O[C@H]1[C@@H]([C@H](O)CO)OC[C@@H]1O. The summed E-state index contributed by atoms with van der Waals surface area (Å²) in [5, 5.41) is 28.4. The summed E-state index contributed by atoms with van der Waals surface area (Å²) < 4.78 is 10.8. The second kappa shape index (κ2) is 12.8. The van der Waals surface area contributed by atoms with E-state index < -0.39 is 31.0 Å². The highest BCUT2D eigenvalue weighted by molar-refractivity contribution is 4.91. The summed E-state index contributed by atoms with van der Waals surface area (Å²) in [7, 11) is 0. The van der Waals surface area contributed by atoms with Crippen molar-refractivity contribution in [3.05, 3.63) is 12.3 Å². The van der Waals surface area contributed by atoms with Gasteiger partial charge in [0.25, 0.3) is 0 Å². The molecule has 0 aromatic rings. The first-order chi connectivity index (χ1) is 11.2. The van der Waals surface area contributed by atoms with Gasteiger partial charge in [-0.1, -0.05) is 51.9 Å². The Hall–Kier alpha value is -0.620. The van der Waals surface area contributed by atoms with Gasteiger partial charge in [-0.2, -0.15) is 0 Å². The van der Waals surface area contributed by atoms with E-state index in [0.717, 1.165) is 12.8 Å². The van der Waals surface area contributed by atoms with Crippen molar-refractivity contribution < 1.29 is 24.8 Å². The number of unbranched alkanes of at least 4 members (excludes halogenated alkanes) is 8. The second-order valence-electron chi connectivity index (χ2n) is 6.35. The molecule has 4 atom stereocenters. The van der Waals surface area contributed by atoms with Crippen molar-refractivity contribution in [1.29, 1.82) is 0 Å². The van der Waals surface area contributed by atoms with Crippen molar-refractivity contribution in [3.8, 4) is 0 Å². The minimum absolute atomic E-state index is 0.123. The molecule has 0 aromatic heterocycles. The van der Waals surface area contributed by atoms with E-state index in [4.69, 9.17) is 14.6 Å². The zero-order valence-corrected chi connectivity index (χ0v) is 14.4. The van der Waals surface area contributed by atoms with Crippen LogP contribution in [0.5, 0.6) is 0 Å². The maximum Gasteiger partial charge on any atom is 0.154 e. The Balaban J connectivity index is 2.06. The maximum absolute atomic E-state index is 9.79. The van der Waals surface area contributed by atoms with Gasteiger partial charge in [0.1, 0.15) is 18.3 Å². The van der Waals surface area contributed by atoms with Gasteiger partial charge in [-0.25, -0.2) is 0 Å². The van der Waals surface area contributed by atoms with Crippen molar-refractivity contribution in [2.45, 2.75) is 89.1 Å². The van der Waals surface area contributed by atoms with E-state index in [0.29, 0.717) is 0 Å². The number of aliphatic hydroxyl groups excluding tert-OH is 3. The number of hydrogen-bond donors (Lipinski definition) is 3. The van der Waals surface area contributed by atoms with Gasteiger partial charge < -0.3 is 24.8 Å². The van der Waals surface area contributed by atoms with Crippen LogP contribution in [0.15, 0.2) is 12.3 Å². The van der Waals surface area contributed by atoms with Crippen LogP contribution in [-0.2, 0) is 9.47 Å². The average molecular weight is 330 g/mol. The first-order valence-electron chi connectivity index (χ1n) is 9.09. The molecular weight excluding hydrogens is 296 g/mol. The third-order valence-corrected chi connectivity index (χ3v) is 4.29. The summed E-state index contributed by atoms with van der Waals surface area (Å²) in [4.78, 5) is 0. The van der Waals surface area contributed by atoms with Crippen LogP contribution >= 0.6 is 0 Å². The van der Waals surface area contributed by atoms with Crippen LogP contribution in [0.25, 0.3) is 0 Å². The van der Waals surface area contributed by atoms with Gasteiger partial charge >= 0.3 is 0 Å². The Kier molecular flexibility index (Phi) is 11.3. The zero-order valence-electron chi connectivity index (χ0n) is 14.4. The van der Waals surface area contributed by atoms with Gasteiger partial charge in [0.2, 0.25) is 0 Å². The Morgan fingerprint density at radius 2 is 1.78 bits per heavy atom. The minimum Gasteiger partial charge on any atom is -0.493 e. The predicted octanol–water partition coefficient (Wildman–Crippen LogP) is 2.53. The first kappa shape index (κ1) is 20.4. The van der Waals surface area contributed by atoms with Crippen LogP contribution < -0.4 is 0 Å². The zero-order chi connectivity index (χ0) is 16.9. The van der Waals surface area contributed by atoms with Gasteiger partial charge in [-0.3, -0.25) is 0 Å². The van der Waals surface area contributed by atoms with E-state index in [2.05, 4.69) is 6.92 Å². The van der Waals surface area contributed by atoms with Crippen LogP contribution in [0, 0.1) is 0 Å². The smallest absolute Gasteiger partial charge is 0.154 e. The van der Waals surface area contributed by atoms with Gasteiger partial charge in [-0.15, -0.1) is 0 Å². The molecular formula is C18H34O5. The maximum atomic E-state index is 9.79. The molecule has 1 aliphatic rings. The molecule has 0 radical (unpaired) electrons. The van der Waals surface area contributed by atoms with Crippen LogP contribution in [0.3, 0.4) is 0 Å². The lowest BCUT2D eigenvalue weighted by Gasteiger charge is -2.22. The van der Waals surface area contributed by atoms with Crippen molar-refractivity contribution in [3.63, 3.8) is 0 Å². The molecule has 3 N–H and O–H groups in total. The summed E-state index contributed by atoms with van der Waals surface area (Å²) in [5.41, 5.74) is 0. The normalized spacial score (nSPS) is 26.0. The Morgan fingerprint density at radius 1 is 1.13 bits per heavy atom. The Morgan fingerprint density at radius 3 is 2.43 bits per heavy atom. The summed E-state index contributed by atoms with van der Waals surface area (Å²) in [6, 6.07) is 0. The fraction of sp³-hybridized carbons (Fsp3) is 0.889. The Bertz CT molecular complexity index is 308. The molecule has 0 saturated carbocycles. The summed E-state index contributed by atoms with van der Waals surface area (Å²) >= 11 is 0. The second-order valence-corrected chi connectivity index (χ2v) is 6.35. The third kappa shape index (κ3) is 8.15. The standard InChI is InChI=1S/C18H34O5/c1-2-3-4-5-6-7-8-9-10-11-12-22-18-16(21)14-23-17(18)15(20)13-19/h11-12,15-21H,2-10,13-14H2,1H3/b12-11+/t15-,16+,17-,18-/m1/s1. The molecule has 1 fully saturated rings. The molecule has 23 heavy (non-hydrogen) atoms. The van der Waals surface area contributed by atoms with E-state index in [1.807, 2.05) is 6.08 Å². The molecule has 0 amide bonds. The van der Waals surface area contributed by atoms with E-state index in [9.17, 15) is 10.2 Å². The molecule has 5 nitrogen and oxygen atoms in total. The van der Waals surface area contributed by atoms with Crippen molar-refractivity contribution >= 4 is 0 Å². The summed E-state index contributed by atoms with van der Waals surface area (Å²) in [6.07, 6.45) is 11.7. The number of aliphatic hydroxyl groups is 3. The van der Waals surface area contributed by atoms with Crippen LogP contribution in [-0.4, -0.2) is 52.9 Å². The number of rotatable bonds is 13. The van der Waals surface area contributed by atoms with E-state index in [-0.39, 0.29) is 6.61 Å². The molecule has 1 aliphatic heterocycles. The lowest BCUT2D eigenvalue weighted by Crippen LogP contribution is -2.41. The lowest BCUT2D eigenvalue weighted by molar-refractivity contribution is -0.0721. The molecule has 1 saturated heterocycles. The van der Waals surface area contributed by atoms with Crippen LogP contribution in [0.4, 0.5) is 0 Å². The van der Waals surface area contributed by atoms with Crippen molar-refractivity contribution in [1.82, 2.24) is 0 Å². The minimum atomic E-state index is -1.03. The number of hydrogen-bond acceptors (Lipinski definition) is 5. The lowest BCUT2D eigenvalue weighted by atomic mass is 10.1. The molecule has 136 valence electrons. The summed E-state index contributed by atoms with van der Waals surface area (Å²) in [5.74, 6) is 0. The molecule has 0 bridgehead atoms. The van der Waals surface area contributed by atoms with Gasteiger partial charge in [0.05, 0.1) is 19.5 Å². The summed E-state index contributed by atoms with van der Waals surface area (Å²) in [6.45, 7) is 1.95. The molecule has 1 rings (SSSR count). The van der Waals surface area contributed by atoms with Crippen LogP contribution in [0.2, 0.25) is 0 Å². The number of ether oxygens (including phenoxy) is 2. The van der Waals surface area contributed by atoms with Crippen LogP contribution in [0.1, 0.15) is 64.7 Å². The first-order valence-corrected chi connectivity index (χ1v) is 9.09. The fourth-order valence-electron chi connectivity index (χ4n) is 2.83. The largest absolute Gasteiger partial charge is 0.493 e. The molecule has 0 unspecified atom stereocenters. The van der Waals surface area contributed by atoms with Crippen molar-refractivity contribution in [2.75, 3.05) is 13.2 Å². The highest BCUT2D eigenvalue weighted by Crippen LogP contribution is 2.21. The molecule has 1 heterocycles. The highest BCUT2D eigenvalue weighted by Gasteiger charge is 2.41. The monoisotopic (exact) mass is 330 g/mol. The highest BCUT2D eigenvalue weighted by atomic mass is 16.6. The predicted molar refractivity (Wildman–Crippen MR) is 90.1 cm³/mol. The molecule has 0 spiro atoms. The van der Waals surface area contributed by atoms with Crippen molar-refractivity contribution in [2.24, 2.45) is 0 Å². The van der Waals surface area contributed by atoms with Gasteiger partial charge in [-0.05, 0) is 18.9 Å². The number of allylic oxidation sites excluding steroid dienone is 1. The Labute approximate surface area is 140 Å². The fourth-order valence-corrected chi connectivity index (χ4v) is 2.83. The quantitative estimate of drug-likeness (QED) is 0.357.